The Bertz CT molecular complexity index is 666. The van der Waals surface area contributed by atoms with Gasteiger partial charge in [0, 0.05) is 4.47 Å². The highest BCUT2D eigenvalue weighted by Crippen LogP contribution is 2.20. The summed E-state index contributed by atoms with van der Waals surface area (Å²) in [5, 5.41) is 0. The number of halogens is 1. The summed E-state index contributed by atoms with van der Waals surface area (Å²) in [6.07, 6.45) is 4.24. The first-order chi connectivity index (χ1) is 12.1. The molecule has 0 N–H and O–H groups in total. The first kappa shape index (κ1) is 19.7. The maximum absolute atomic E-state index is 5.96. The van der Waals surface area contributed by atoms with Crippen LogP contribution in [-0.2, 0) is 0 Å². The number of hydrogen-bond acceptors (Lipinski definition) is 1. The van der Waals surface area contributed by atoms with Gasteiger partial charge in [0.15, 0.2) is 0 Å². The van der Waals surface area contributed by atoms with E-state index in [0.29, 0.717) is 0 Å². The van der Waals surface area contributed by atoms with Crippen molar-refractivity contribution >= 4 is 28.1 Å². The predicted octanol–water partition coefficient (Wildman–Crippen LogP) is 5.87. The first-order valence-corrected chi connectivity index (χ1v) is 9.92. The number of nitrogens with zero attached hydrogens (tertiary/aromatic N) is 1. The first-order valence-electron chi connectivity index (χ1n) is 9.13. The van der Waals surface area contributed by atoms with Gasteiger partial charge < -0.3 is 9.22 Å². The van der Waals surface area contributed by atoms with Crippen LogP contribution in [0.1, 0.15) is 31.9 Å². The summed E-state index contributed by atoms with van der Waals surface area (Å²) in [5.74, 6) is 0.944. The highest BCUT2D eigenvalue weighted by Gasteiger charge is 2.20. The SMILES string of the molecule is CC[N+](CC)(CC)CCOc1ccc(/C=C/c2ccccc2Br)cc1. The number of benzene rings is 2. The van der Waals surface area contributed by atoms with Crippen molar-refractivity contribution in [2.24, 2.45) is 0 Å². The highest BCUT2D eigenvalue weighted by molar-refractivity contribution is 9.10. The van der Waals surface area contributed by atoms with Crippen LogP contribution in [-0.4, -0.2) is 37.3 Å². The van der Waals surface area contributed by atoms with Crippen LogP contribution in [0.15, 0.2) is 53.0 Å². The van der Waals surface area contributed by atoms with Crippen LogP contribution in [0.4, 0.5) is 0 Å². The van der Waals surface area contributed by atoms with E-state index in [1.54, 1.807) is 0 Å². The van der Waals surface area contributed by atoms with Gasteiger partial charge in [0.2, 0.25) is 0 Å². The van der Waals surface area contributed by atoms with Crippen LogP contribution in [0.2, 0.25) is 0 Å². The quantitative estimate of drug-likeness (QED) is 0.376. The molecule has 0 spiro atoms. The molecule has 0 radical (unpaired) electrons. The van der Waals surface area contributed by atoms with Gasteiger partial charge in [-0.05, 0) is 50.1 Å². The van der Waals surface area contributed by atoms with E-state index < -0.39 is 0 Å². The molecule has 0 aromatic heterocycles. The Hall–Kier alpha value is -1.58. The monoisotopic (exact) mass is 402 g/mol. The zero-order valence-electron chi connectivity index (χ0n) is 15.5. The van der Waals surface area contributed by atoms with E-state index >= 15 is 0 Å². The Morgan fingerprint density at radius 3 is 2.12 bits per heavy atom. The van der Waals surface area contributed by atoms with E-state index in [2.05, 4.69) is 85.3 Å². The van der Waals surface area contributed by atoms with Crippen LogP contribution < -0.4 is 4.74 Å². The van der Waals surface area contributed by atoms with Gasteiger partial charge in [0.1, 0.15) is 18.9 Å². The van der Waals surface area contributed by atoms with Crippen molar-refractivity contribution in [3.63, 3.8) is 0 Å². The largest absolute Gasteiger partial charge is 0.488 e. The summed E-state index contributed by atoms with van der Waals surface area (Å²) in [7, 11) is 0. The maximum Gasteiger partial charge on any atom is 0.137 e. The summed E-state index contributed by atoms with van der Waals surface area (Å²) >= 11 is 3.57. The highest BCUT2D eigenvalue weighted by atomic mass is 79.9. The molecule has 2 nitrogen and oxygen atoms in total. The van der Waals surface area contributed by atoms with Gasteiger partial charge in [-0.15, -0.1) is 0 Å². The normalized spacial score (nSPS) is 11.8. The van der Waals surface area contributed by atoms with Crippen LogP contribution in [0.5, 0.6) is 5.75 Å². The zero-order chi connectivity index (χ0) is 18.1. The third-order valence-corrected chi connectivity index (χ3v) is 5.81. The fourth-order valence-corrected chi connectivity index (χ4v) is 3.39. The van der Waals surface area contributed by atoms with Crippen molar-refractivity contribution in [2.45, 2.75) is 20.8 Å². The van der Waals surface area contributed by atoms with E-state index in [1.807, 2.05) is 12.1 Å². The molecule has 0 heterocycles. The zero-order valence-corrected chi connectivity index (χ0v) is 17.1. The fourth-order valence-electron chi connectivity index (χ4n) is 2.97. The molecule has 2 rings (SSSR count). The predicted molar refractivity (Wildman–Crippen MR) is 112 cm³/mol. The molecule has 3 heteroatoms. The van der Waals surface area contributed by atoms with Gasteiger partial charge in [0.25, 0.3) is 0 Å². The van der Waals surface area contributed by atoms with E-state index in [1.165, 1.54) is 11.1 Å². The average Bonchev–Trinajstić information content (AvgIpc) is 2.66. The lowest BCUT2D eigenvalue weighted by Gasteiger charge is -2.35. The second-order valence-electron chi connectivity index (χ2n) is 6.29. The summed E-state index contributed by atoms with van der Waals surface area (Å²) in [5.41, 5.74) is 2.35. The molecule has 0 bridgehead atoms. The molecular weight excluding hydrogens is 374 g/mol. The minimum absolute atomic E-state index is 0.766. The van der Waals surface area contributed by atoms with Crippen LogP contribution in [0.25, 0.3) is 12.2 Å². The molecule has 0 saturated heterocycles. The molecule has 0 aliphatic rings. The van der Waals surface area contributed by atoms with Gasteiger partial charge in [-0.1, -0.05) is 58.4 Å². The Morgan fingerprint density at radius 2 is 1.52 bits per heavy atom. The van der Waals surface area contributed by atoms with Crippen LogP contribution in [0.3, 0.4) is 0 Å². The van der Waals surface area contributed by atoms with Gasteiger partial charge in [-0.25, -0.2) is 0 Å². The molecule has 0 aliphatic carbocycles. The molecule has 0 atom stereocenters. The number of quaternary nitrogens is 1. The van der Waals surface area contributed by atoms with Gasteiger partial charge in [-0.2, -0.15) is 0 Å². The van der Waals surface area contributed by atoms with Crippen molar-refractivity contribution in [1.29, 1.82) is 0 Å². The molecule has 0 saturated carbocycles. The van der Waals surface area contributed by atoms with Crippen molar-refractivity contribution in [1.82, 2.24) is 0 Å². The molecule has 0 aliphatic heterocycles. The number of ether oxygens (including phenoxy) is 1. The summed E-state index contributed by atoms with van der Waals surface area (Å²) in [6.45, 7) is 12.1. The van der Waals surface area contributed by atoms with Crippen LogP contribution >= 0.6 is 15.9 Å². The lowest BCUT2D eigenvalue weighted by Crippen LogP contribution is -2.49. The summed E-state index contributed by atoms with van der Waals surface area (Å²) < 4.78 is 8.18. The summed E-state index contributed by atoms with van der Waals surface area (Å²) in [4.78, 5) is 0. The molecule has 0 amide bonds. The van der Waals surface area contributed by atoms with Crippen molar-refractivity contribution in [2.75, 3.05) is 32.8 Å². The van der Waals surface area contributed by atoms with E-state index in [4.69, 9.17) is 4.74 Å². The molecule has 0 unspecified atom stereocenters. The van der Waals surface area contributed by atoms with Crippen molar-refractivity contribution < 1.29 is 9.22 Å². The lowest BCUT2D eigenvalue weighted by atomic mass is 10.1. The van der Waals surface area contributed by atoms with E-state index in [-0.39, 0.29) is 0 Å². The van der Waals surface area contributed by atoms with Gasteiger partial charge in [-0.3, -0.25) is 0 Å². The van der Waals surface area contributed by atoms with Gasteiger partial charge >= 0.3 is 0 Å². The molecule has 0 fully saturated rings. The van der Waals surface area contributed by atoms with Crippen LogP contribution in [0, 0.1) is 0 Å². The Balaban J connectivity index is 1.91. The molecule has 2 aromatic rings. The lowest BCUT2D eigenvalue weighted by molar-refractivity contribution is -0.923. The minimum atomic E-state index is 0.766. The molecule has 25 heavy (non-hydrogen) atoms. The van der Waals surface area contributed by atoms with E-state index in [9.17, 15) is 0 Å². The molecular formula is C22H29BrNO+. The minimum Gasteiger partial charge on any atom is -0.488 e. The molecule has 2 aromatic carbocycles. The maximum atomic E-state index is 5.96. The Labute approximate surface area is 160 Å². The molecule has 134 valence electrons. The van der Waals surface area contributed by atoms with E-state index in [0.717, 1.165) is 47.5 Å². The third-order valence-electron chi connectivity index (χ3n) is 5.09. The fraction of sp³-hybridized carbons (Fsp3) is 0.364. The second-order valence-corrected chi connectivity index (χ2v) is 7.14. The van der Waals surface area contributed by atoms with Gasteiger partial charge in [0.05, 0.1) is 19.6 Å². The summed E-state index contributed by atoms with van der Waals surface area (Å²) in [6, 6.07) is 16.5. The Kier molecular flexibility index (Phi) is 7.73. The number of hydrogen-bond donors (Lipinski definition) is 0. The average molecular weight is 403 g/mol. The standard InChI is InChI=1S/C22H29BrNO/c1-4-24(5-2,6-3)17-18-25-21-15-12-19(13-16-21)11-14-20-9-7-8-10-22(20)23/h7-16H,4-6,17-18H2,1-3H3/q+1/b14-11+. The third kappa shape index (κ3) is 5.72. The smallest absolute Gasteiger partial charge is 0.137 e. The second kappa shape index (κ2) is 9.79. The topological polar surface area (TPSA) is 9.23 Å². The van der Waals surface area contributed by atoms with Crippen molar-refractivity contribution in [3.8, 4) is 5.75 Å². The number of likely N-dealkylation sites (N-methyl/N-ethyl adjacent to an activating group) is 1. The Morgan fingerprint density at radius 1 is 0.880 bits per heavy atom. The van der Waals surface area contributed by atoms with Crippen molar-refractivity contribution in [3.05, 3.63) is 64.1 Å². The number of rotatable bonds is 9.